The van der Waals surface area contributed by atoms with Crippen molar-refractivity contribution in [3.63, 3.8) is 0 Å². The van der Waals surface area contributed by atoms with E-state index >= 15 is 0 Å². The van der Waals surface area contributed by atoms with Crippen LogP contribution in [0.4, 0.5) is 13.2 Å². The van der Waals surface area contributed by atoms with Gasteiger partial charge in [-0.25, -0.2) is 0 Å². The number of benzene rings is 1. The summed E-state index contributed by atoms with van der Waals surface area (Å²) in [7, 11) is 2.33. The van der Waals surface area contributed by atoms with Crippen LogP contribution in [0.1, 0.15) is 36.2 Å². The predicted octanol–water partition coefficient (Wildman–Crippen LogP) is 2.26. The molecular weight excluding hydrogens is 507 g/mol. The molecule has 0 bridgehead atoms. The van der Waals surface area contributed by atoms with Crippen LogP contribution in [0.25, 0.3) is 10.9 Å². The van der Waals surface area contributed by atoms with E-state index in [4.69, 9.17) is 9.47 Å². The summed E-state index contributed by atoms with van der Waals surface area (Å²) in [5.74, 6) is -2.07. The Labute approximate surface area is 216 Å². The highest BCUT2D eigenvalue weighted by Crippen LogP contribution is 2.43. The van der Waals surface area contributed by atoms with E-state index in [2.05, 4.69) is 15.6 Å². The lowest BCUT2D eigenvalue weighted by molar-refractivity contribution is -0.263. The number of piperidine rings is 1. The lowest BCUT2D eigenvalue weighted by atomic mass is 9.91. The molecule has 2 aliphatic heterocycles. The number of carbonyl (C=O) groups is 3. The Kier molecular flexibility index (Phi) is 7.55. The van der Waals surface area contributed by atoms with Gasteiger partial charge in [0.15, 0.2) is 5.60 Å². The van der Waals surface area contributed by atoms with Crippen LogP contribution in [-0.4, -0.2) is 78.8 Å². The first kappa shape index (κ1) is 27.3. The topological polar surface area (TPSA) is 137 Å². The zero-order chi connectivity index (χ0) is 27.7. The van der Waals surface area contributed by atoms with E-state index in [1.165, 1.54) is 13.2 Å². The van der Waals surface area contributed by atoms with E-state index in [9.17, 15) is 32.8 Å². The molecule has 2 fully saturated rings. The van der Waals surface area contributed by atoms with Gasteiger partial charge < -0.3 is 30.0 Å². The Hall–Kier alpha value is -3.79. The first-order chi connectivity index (χ1) is 18.0. The zero-order valence-electron chi connectivity index (χ0n) is 20.9. The van der Waals surface area contributed by atoms with Crippen LogP contribution >= 0.6 is 0 Å². The molecule has 10 nitrogen and oxygen atoms in total. The molecule has 204 valence electrons. The number of alkyl halides is 3. The van der Waals surface area contributed by atoms with E-state index < -0.39 is 54.6 Å². The molecule has 2 saturated heterocycles. The minimum Gasteiger partial charge on any atom is -0.496 e. The van der Waals surface area contributed by atoms with Gasteiger partial charge in [0.1, 0.15) is 23.5 Å². The number of nitrogens with zero attached hydrogens (tertiary/aromatic N) is 2. The summed E-state index contributed by atoms with van der Waals surface area (Å²) < 4.78 is 52.5. The fraction of sp³-hybridized carbons (Fsp3) is 0.520. The van der Waals surface area contributed by atoms with Crippen molar-refractivity contribution in [1.82, 2.24) is 20.5 Å². The average Bonchev–Trinajstić information content (AvgIpc) is 3.52. The van der Waals surface area contributed by atoms with E-state index in [0.29, 0.717) is 36.0 Å². The Balaban J connectivity index is 1.62. The van der Waals surface area contributed by atoms with Crippen molar-refractivity contribution in [2.75, 3.05) is 27.3 Å². The molecule has 4 rings (SSSR count). The van der Waals surface area contributed by atoms with Crippen LogP contribution in [0.3, 0.4) is 0 Å². The Bertz CT molecular complexity index is 1270. The molecule has 2 aromatic rings. The number of hydrogen-bond donors (Lipinski definition) is 3. The third-order valence-corrected chi connectivity index (χ3v) is 7.26. The second-order valence-corrected chi connectivity index (χ2v) is 9.51. The molecule has 13 heteroatoms. The molecule has 0 aliphatic carbocycles. The van der Waals surface area contributed by atoms with Gasteiger partial charge in [-0.15, -0.1) is 0 Å². The van der Waals surface area contributed by atoms with Crippen LogP contribution in [0.2, 0.25) is 0 Å². The number of fused-ring (bicyclic) bond motifs is 1. The Morgan fingerprint density at radius 3 is 2.74 bits per heavy atom. The second kappa shape index (κ2) is 10.5. The molecule has 2 unspecified atom stereocenters. The quantitative estimate of drug-likeness (QED) is 0.498. The lowest BCUT2D eigenvalue weighted by Gasteiger charge is -2.29. The monoisotopic (exact) mass is 535 g/mol. The third kappa shape index (κ3) is 5.00. The number of amides is 3. The molecule has 4 atom stereocenters. The number of likely N-dealkylation sites (tertiary alicyclic amines) is 1. The van der Waals surface area contributed by atoms with Crippen molar-refractivity contribution >= 4 is 28.6 Å². The van der Waals surface area contributed by atoms with E-state index in [1.54, 1.807) is 18.2 Å². The van der Waals surface area contributed by atoms with Crippen molar-refractivity contribution in [3.8, 4) is 11.8 Å². The minimum atomic E-state index is -4.88. The molecule has 3 heterocycles. The first-order valence-electron chi connectivity index (χ1n) is 12.1. The zero-order valence-corrected chi connectivity index (χ0v) is 20.9. The number of methoxy groups -OCH3 is 2. The van der Waals surface area contributed by atoms with Gasteiger partial charge in [0, 0.05) is 36.9 Å². The summed E-state index contributed by atoms with van der Waals surface area (Å²) in [4.78, 5) is 42.6. The Morgan fingerprint density at radius 2 is 2.11 bits per heavy atom. The number of carbonyl (C=O) groups excluding carboxylic acids is 3. The third-order valence-electron chi connectivity index (χ3n) is 7.26. The van der Waals surface area contributed by atoms with Crippen LogP contribution in [0, 0.1) is 17.2 Å². The van der Waals surface area contributed by atoms with Crippen LogP contribution in [-0.2, 0) is 14.3 Å². The maximum atomic E-state index is 14.1. The highest BCUT2D eigenvalue weighted by molar-refractivity contribution is 6.02. The second-order valence-electron chi connectivity index (χ2n) is 9.51. The molecule has 1 aromatic carbocycles. The van der Waals surface area contributed by atoms with Crippen molar-refractivity contribution in [2.24, 2.45) is 5.92 Å². The van der Waals surface area contributed by atoms with Gasteiger partial charge in [0.25, 0.3) is 5.91 Å². The SMILES string of the molecule is COc1cccc2[nH]c(C(=O)N3CC(OC)(C(F)(F)F)CC3C(=O)N[C@H](C#N)C[C@@H]3CCCNC3=O)cc12. The molecule has 3 N–H and O–H groups in total. The van der Waals surface area contributed by atoms with Gasteiger partial charge in [-0.3, -0.25) is 14.4 Å². The number of nitrogens with one attached hydrogen (secondary N) is 3. The maximum Gasteiger partial charge on any atom is 0.419 e. The van der Waals surface area contributed by atoms with Crippen LogP contribution < -0.4 is 15.4 Å². The lowest BCUT2D eigenvalue weighted by Crippen LogP contribution is -2.50. The standard InChI is InChI=1S/C25H28F3N5O5/c1-37-20-7-3-6-17-16(20)10-18(32-17)23(36)33-13-24(38-2,25(26,27)28)11-19(33)22(35)31-15(12-29)9-14-5-4-8-30-21(14)34/h3,6-7,10,14-15,19,32H,4-5,8-9,11,13H2,1-2H3,(H,30,34)(H,31,35)/t14-,15-,19?,24?/m0/s1. The summed E-state index contributed by atoms with van der Waals surface area (Å²) in [6, 6.07) is 5.69. The number of aromatic amines is 1. The van der Waals surface area contributed by atoms with Gasteiger partial charge >= 0.3 is 6.18 Å². The van der Waals surface area contributed by atoms with E-state index in [0.717, 1.165) is 12.0 Å². The fourth-order valence-corrected chi connectivity index (χ4v) is 5.12. The fourth-order valence-electron chi connectivity index (χ4n) is 5.12. The van der Waals surface area contributed by atoms with E-state index in [-0.39, 0.29) is 18.0 Å². The summed E-state index contributed by atoms with van der Waals surface area (Å²) in [6.07, 6.45) is -4.49. The smallest absolute Gasteiger partial charge is 0.419 e. The molecule has 0 saturated carbocycles. The van der Waals surface area contributed by atoms with Crippen molar-refractivity contribution in [1.29, 1.82) is 5.26 Å². The number of rotatable bonds is 7. The van der Waals surface area contributed by atoms with Crippen molar-refractivity contribution in [2.45, 2.75) is 49.5 Å². The Morgan fingerprint density at radius 1 is 1.34 bits per heavy atom. The molecule has 1 aromatic heterocycles. The minimum absolute atomic E-state index is 0.00520. The van der Waals surface area contributed by atoms with Gasteiger partial charge in [-0.2, -0.15) is 18.4 Å². The molecule has 0 spiro atoms. The van der Waals surface area contributed by atoms with Gasteiger partial charge in [-0.05, 0) is 37.5 Å². The molecular formula is C25H28F3N5O5. The number of ether oxygens (including phenoxy) is 2. The summed E-state index contributed by atoms with van der Waals surface area (Å²) in [5, 5.41) is 15.3. The number of H-pyrrole nitrogens is 1. The average molecular weight is 536 g/mol. The van der Waals surface area contributed by atoms with Crippen molar-refractivity contribution < 1.29 is 37.0 Å². The first-order valence-corrected chi connectivity index (χ1v) is 12.1. The normalized spacial score (nSPS) is 24.5. The van der Waals surface area contributed by atoms with Crippen molar-refractivity contribution in [3.05, 3.63) is 30.0 Å². The molecule has 0 radical (unpaired) electrons. The van der Waals surface area contributed by atoms with Crippen LogP contribution in [0.15, 0.2) is 24.3 Å². The van der Waals surface area contributed by atoms with Crippen LogP contribution in [0.5, 0.6) is 5.75 Å². The number of halogens is 3. The summed E-state index contributed by atoms with van der Waals surface area (Å²) >= 11 is 0. The summed E-state index contributed by atoms with van der Waals surface area (Å²) in [6.45, 7) is -0.396. The van der Waals surface area contributed by atoms with Gasteiger partial charge in [0.2, 0.25) is 11.8 Å². The van der Waals surface area contributed by atoms with Gasteiger partial charge in [-0.1, -0.05) is 6.07 Å². The molecule has 2 aliphatic rings. The highest BCUT2D eigenvalue weighted by atomic mass is 19.4. The van der Waals surface area contributed by atoms with Gasteiger partial charge in [0.05, 0.1) is 19.7 Å². The van der Waals surface area contributed by atoms with E-state index in [1.807, 2.05) is 6.07 Å². The maximum absolute atomic E-state index is 14.1. The molecule has 3 amide bonds. The summed E-state index contributed by atoms with van der Waals surface area (Å²) in [5.41, 5.74) is -2.29. The number of nitriles is 1. The molecule has 38 heavy (non-hydrogen) atoms. The largest absolute Gasteiger partial charge is 0.496 e. The number of aromatic nitrogens is 1. The number of hydrogen-bond acceptors (Lipinski definition) is 6. The predicted molar refractivity (Wildman–Crippen MR) is 128 cm³/mol. The highest BCUT2D eigenvalue weighted by Gasteiger charge is 2.63.